The van der Waals surface area contributed by atoms with Gasteiger partial charge in [-0.05, 0) is 18.2 Å². The summed E-state index contributed by atoms with van der Waals surface area (Å²) in [5.41, 5.74) is 0.932. The summed E-state index contributed by atoms with van der Waals surface area (Å²) in [6, 6.07) is 4.86. The molecule has 0 aliphatic heterocycles. The van der Waals surface area contributed by atoms with Crippen LogP contribution in [0.1, 0.15) is 15.9 Å². The van der Waals surface area contributed by atoms with Crippen molar-refractivity contribution in [1.29, 1.82) is 0 Å². The van der Waals surface area contributed by atoms with Gasteiger partial charge in [0.2, 0.25) is 0 Å². The highest BCUT2D eigenvalue weighted by Crippen LogP contribution is 2.19. The highest BCUT2D eigenvalue weighted by atomic mass is 16.5. The van der Waals surface area contributed by atoms with Crippen molar-refractivity contribution in [3.8, 4) is 17.6 Å². The molecule has 2 N–H and O–H groups in total. The van der Waals surface area contributed by atoms with Crippen molar-refractivity contribution in [3.05, 3.63) is 47.9 Å². The maximum absolute atomic E-state index is 12.1. The fraction of sp³-hybridized carbons (Fsp3) is 0.133. The van der Waals surface area contributed by atoms with E-state index in [-0.39, 0.29) is 12.5 Å². The second-order valence-corrected chi connectivity index (χ2v) is 3.92. The van der Waals surface area contributed by atoms with Crippen LogP contribution in [0, 0.1) is 11.8 Å². The second-order valence-electron chi connectivity index (χ2n) is 3.92. The van der Waals surface area contributed by atoms with Crippen LogP contribution in [0.15, 0.2) is 36.8 Å². The van der Waals surface area contributed by atoms with Crippen LogP contribution in [0.2, 0.25) is 0 Å². The summed E-state index contributed by atoms with van der Waals surface area (Å²) in [6.07, 6.45) is 4.46. The van der Waals surface area contributed by atoms with Crippen molar-refractivity contribution in [3.63, 3.8) is 0 Å². The zero-order chi connectivity index (χ0) is 15.1. The van der Waals surface area contributed by atoms with Crippen LogP contribution in [0.5, 0.6) is 5.75 Å². The molecule has 0 fully saturated rings. The number of hydrogen-bond donors (Lipinski definition) is 2. The van der Waals surface area contributed by atoms with E-state index in [1.165, 1.54) is 25.7 Å². The summed E-state index contributed by atoms with van der Waals surface area (Å²) < 4.78 is 5.16. The molecule has 0 bridgehead atoms. The Hall–Kier alpha value is -2.91. The Balaban J connectivity index is 2.25. The lowest BCUT2D eigenvalue weighted by molar-refractivity contribution is 0.102. The van der Waals surface area contributed by atoms with Gasteiger partial charge in [0.25, 0.3) is 5.91 Å². The fourth-order valence-electron chi connectivity index (χ4n) is 1.63. The average Bonchev–Trinajstić information content (AvgIpc) is 2.53. The molecule has 0 unspecified atom stereocenters. The normalized spacial score (nSPS) is 9.43. The van der Waals surface area contributed by atoms with Crippen molar-refractivity contribution >= 4 is 11.7 Å². The van der Waals surface area contributed by atoms with E-state index in [0.29, 0.717) is 22.7 Å². The molecule has 2 rings (SSSR count). The molecule has 0 aliphatic rings. The van der Waals surface area contributed by atoms with Gasteiger partial charge in [-0.15, -0.1) is 0 Å². The first-order chi connectivity index (χ1) is 10.2. The first kappa shape index (κ1) is 14.5. The highest BCUT2D eigenvalue weighted by molar-refractivity contribution is 6.04. The number of ether oxygens (including phenoxy) is 1. The first-order valence-electron chi connectivity index (χ1n) is 6.09. The third-order valence-corrected chi connectivity index (χ3v) is 2.57. The lowest BCUT2D eigenvalue weighted by Crippen LogP contribution is -2.13. The molecule has 0 radical (unpaired) electrons. The van der Waals surface area contributed by atoms with Crippen LogP contribution >= 0.6 is 0 Å². The maximum atomic E-state index is 12.1. The standard InChI is InChI=1S/C15H13N3O3/c1-21-13-5-4-12(9-11(13)3-2-8-19)15(20)18-14-10-16-6-7-17-14/h4-7,9-10,19H,8H2,1H3,(H,17,18,20). The number of hydrogen-bond acceptors (Lipinski definition) is 5. The molecule has 106 valence electrons. The van der Waals surface area contributed by atoms with E-state index in [2.05, 4.69) is 27.1 Å². The lowest BCUT2D eigenvalue weighted by Gasteiger charge is -2.07. The monoisotopic (exact) mass is 283 g/mol. The molecule has 21 heavy (non-hydrogen) atoms. The number of benzene rings is 1. The van der Waals surface area contributed by atoms with Gasteiger partial charge in [0, 0.05) is 18.0 Å². The fourth-order valence-corrected chi connectivity index (χ4v) is 1.63. The molecule has 0 aliphatic carbocycles. The molecule has 2 aromatic rings. The van der Waals surface area contributed by atoms with E-state index < -0.39 is 0 Å². The van der Waals surface area contributed by atoms with Crippen LogP contribution in [0.3, 0.4) is 0 Å². The summed E-state index contributed by atoms with van der Waals surface area (Å²) in [4.78, 5) is 20.0. The summed E-state index contributed by atoms with van der Waals surface area (Å²) in [7, 11) is 1.51. The smallest absolute Gasteiger partial charge is 0.256 e. The van der Waals surface area contributed by atoms with Crippen LogP contribution < -0.4 is 10.1 Å². The van der Waals surface area contributed by atoms with Gasteiger partial charge < -0.3 is 15.2 Å². The van der Waals surface area contributed by atoms with E-state index in [1.54, 1.807) is 18.2 Å². The van der Waals surface area contributed by atoms with Crippen LogP contribution in [-0.2, 0) is 0 Å². The number of methoxy groups -OCH3 is 1. The van der Waals surface area contributed by atoms with Crippen molar-refractivity contribution in [1.82, 2.24) is 9.97 Å². The lowest BCUT2D eigenvalue weighted by atomic mass is 10.1. The third-order valence-electron chi connectivity index (χ3n) is 2.57. The number of amides is 1. The summed E-state index contributed by atoms with van der Waals surface area (Å²) in [5, 5.41) is 11.4. The average molecular weight is 283 g/mol. The van der Waals surface area contributed by atoms with Crippen molar-refractivity contribution in [2.24, 2.45) is 0 Å². The van der Waals surface area contributed by atoms with Crippen LogP contribution in [0.25, 0.3) is 0 Å². The molecular weight excluding hydrogens is 270 g/mol. The Bertz CT molecular complexity index is 690. The Kier molecular flexibility index (Phi) is 4.85. The topological polar surface area (TPSA) is 84.3 Å². The molecule has 6 nitrogen and oxygen atoms in total. The van der Waals surface area contributed by atoms with E-state index in [9.17, 15) is 4.79 Å². The zero-order valence-corrected chi connectivity index (χ0v) is 11.3. The minimum absolute atomic E-state index is 0.265. The number of carbonyl (C=O) groups excluding carboxylic acids is 1. The molecule has 1 heterocycles. The van der Waals surface area contributed by atoms with Gasteiger partial charge in [-0.25, -0.2) is 4.98 Å². The number of rotatable bonds is 3. The number of aliphatic hydroxyl groups excluding tert-OH is 1. The number of aliphatic hydroxyl groups is 1. The molecule has 0 atom stereocenters. The zero-order valence-electron chi connectivity index (χ0n) is 11.3. The number of carbonyl (C=O) groups is 1. The van der Waals surface area contributed by atoms with E-state index in [1.807, 2.05) is 0 Å². The predicted molar refractivity (Wildman–Crippen MR) is 76.9 cm³/mol. The Labute approximate surface area is 121 Å². The van der Waals surface area contributed by atoms with E-state index in [0.717, 1.165) is 0 Å². The minimum atomic E-state index is -0.329. The van der Waals surface area contributed by atoms with E-state index in [4.69, 9.17) is 9.84 Å². The minimum Gasteiger partial charge on any atom is -0.495 e. The maximum Gasteiger partial charge on any atom is 0.256 e. The second kappa shape index (κ2) is 7.03. The molecule has 1 aromatic heterocycles. The van der Waals surface area contributed by atoms with Gasteiger partial charge in [0.1, 0.15) is 12.4 Å². The molecule has 0 spiro atoms. The van der Waals surface area contributed by atoms with Crippen LogP contribution in [-0.4, -0.2) is 34.7 Å². The first-order valence-corrected chi connectivity index (χ1v) is 6.09. The van der Waals surface area contributed by atoms with E-state index >= 15 is 0 Å². The number of aromatic nitrogens is 2. The Morgan fingerprint density at radius 2 is 2.29 bits per heavy atom. The van der Waals surface area contributed by atoms with Crippen molar-refractivity contribution in [2.75, 3.05) is 19.0 Å². The van der Waals surface area contributed by atoms with Gasteiger partial charge in [0.15, 0.2) is 5.82 Å². The quantitative estimate of drug-likeness (QED) is 0.823. The van der Waals surface area contributed by atoms with Gasteiger partial charge in [0.05, 0.1) is 18.9 Å². The predicted octanol–water partition coefficient (Wildman–Crippen LogP) is 1.08. The summed E-state index contributed by atoms with van der Waals surface area (Å²) >= 11 is 0. The number of nitrogens with one attached hydrogen (secondary N) is 1. The Morgan fingerprint density at radius 1 is 1.43 bits per heavy atom. The highest BCUT2D eigenvalue weighted by Gasteiger charge is 2.10. The number of nitrogens with zero attached hydrogens (tertiary/aromatic N) is 2. The third kappa shape index (κ3) is 3.78. The molecule has 6 heteroatoms. The van der Waals surface area contributed by atoms with Crippen molar-refractivity contribution in [2.45, 2.75) is 0 Å². The Morgan fingerprint density at radius 3 is 2.95 bits per heavy atom. The number of anilines is 1. The van der Waals surface area contributed by atoms with Gasteiger partial charge in [-0.3, -0.25) is 9.78 Å². The largest absolute Gasteiger partial charge is 0.495 e. The molecular formula is C15H13N3O3. The molecule has 1 aromatic carbocycles. The summed E-state index contributed by atoms with van der Waals surface area (Å²) in [5.74, 6) is 5.83. The van der Waals surface area contributed by atoms with Gasteiger partial charge >= 0.3 is 0 Å². The SMILES string of the molecule is COc1ccc(C(=O)Nc2cnccn2)cc1C#CCO. The summed E-state index contributed by atoms with van der Waals surface area (Å²) in [6.45, 7) is -0.265. The molecule has 0 saturated carbocycles. The van der Waals surface area contributed by atoms with Gasteiger partial charge in [-0.1, -0.05) is 11.8 Å². The van der Waals surface area contributed by atoms with Crippen LogP contribution in [0.4, 0.5) is 5.82 Å². The molecule has 1 amide bonds. The van der Waals surface area contributed by atoms with Crippen molar-refractivity contribution < 1.29 is 14.6 Å². The van der Waals surface area contributed by atoms with Gasteiger partial charge in [-0.2, -0.15) is 0 Å². The molecule has 0 saturated heterocycles.